The molecule has 2 aromatic carbocycles. The van der Waals surface area contributed by atoms with Crippen LogP contribution in [0.5, 0.6) is 0 Å². The summed E-state index contributed by atoms with van der Waals surface area (Å²) < 4.78 is 7.47. The van der Waals surface area contributed by atoms with Gasteiger partial charge >= 0.3 is 6.09 Å². The van der Waals surface area contributed by atoms with Crippen LogP contribution in [0.1, 0.15) is 72.3 Å². The molecule has 0 radical (unpaired) electrons. The second-order valence-corrected chi connectivity index (χ2v) is 11.1. The first kappa shape index (κ1) is 26.7. The number of nitrogens with one attached hydrogen (secondary N) is 1. The lowest BCUT2D eigenvalue weighted by molar-refractivity contribution is 0.0203. The third-order valence-electron chi connectivity index (χ3n) is 6.53. The van der Waals surface area contributed by atoms with E-state index in [1.54, 1.807) is 11.1 Å². The van der Waals surface area contributed by atoms with Crippen LogP contribution in [0.2, 0.25) is 5.02 Å². The molecule has 37 heavy (non-hydrogen) atoms. The SMILES string of the molecule is Cc1ccc(-n2ncc(C(=O)NCc3ccc(Cl)cc3)c2C2CCN(C(=O)OC(C)(C)C)CC2)c(C)c1. The molecule has 1 N–H and O–H groups in total. The molecule has 1 aliphatic rings. The topological polar surface area (TPSA) is 76.5 Å². The minimum atomic E-state index is -0.537. The van der Waals surface area contributed by atoms with E-state index >= 15 is 0 Å². The van der Waals surface area contributed by atoms with Crippen LogP contribution < -0.4 is 5.32 Å². The zero-order valence-electron chi connectivity index (χ0n) is 22.2. The Hall–Kier alpha value is -3.32. The first-order valence-corrected chi connectivity index (χ1v) is 13.1. The minimum Gasteiger partial charge on any atom is -0.444 e. The van der Waals surface area contributed by atoms with E-state index in [-0.39, 0.29) is 17.9 Å². The predicted molar refractivity (Wildman–Crippen MR) is 145 cm³/mol. The smallest absolute Gasteiger partial charge is 0.410 e. The van der Waals surface area contributed by atoms with Gasteiger partial charge in [-0.2, -0.15) is 5.10 Å². The lowest BCUT2D eigenvalue weighted by atomic mass is 9.90. The zero-order chi connectivity index (χ0) is 26.7. The Morgan fingerprint density at radius 1 is 1.08 bits per heavy atom. The third kappa shape index (κ3) is 6.52. The number of likely N-dealkylation sites (tertiary alicyclic amines) is 1. The van der Waals surface area contributed by atoms with Crippen molar-refractivity contribution in [3.05, 3.63) is 81.6 Å². The highest BCUT2D eigenvalue weighted by molar-refractivity contribution is 6.30. The Kier molecular flexibility index (Phi) is 7.93. The van der Waals surface area contributed by atoms with Gasteiger partial charge in [-0.1, -0.05) is 41.4 Å². The monoisotopic (exact) mass is 522 g/mol. The van der Waals surface area contributed by atoms with Crippen molar-refractivity contribution in [1.82, 2.24) is 20.0 Å². The summed E-state index contributed by atoms with van der Waals surface area (Å²) >= 11 is 5.99. The molecule has 1 aliphatic heterocycles. The number of piperidine rings is 1. The van der Waals surface area contributed by atoms with E-state index in [4.69, 9.17) is 16.3 Å². The van der Waals surface area contributed by atoms with Gasteiger partial charge in [0.25, 0.3) is 5.91 Å². The molecule has 196 valence electrons. The van der Waals surface area contributed by atoms with Gasteiger partial charge in [0.1, 0.15) is 5.60 Å². The second-order valence-electron chi connectivity index (χ2n) is 10.7. The molecule has 0 unspecified atom stereocenters. The van der Waals surface area contributed by atoms with Gasteiger partial charge in [0.15, 0.2) is 0 Å². The Labute approximate surface area is 223 Å². The second kappa shape index (κ2) is 11.0. The number of aryl methyl sites for hydroxylation is 2. The van der Waals surface area contributed by atoms with Gasteiger partial charge in [-0.3, -0.25) is 4.79 Å². The molecule has 1 saturated heterocycles. The van der Waals surface area contributed by atoms with E-state index in [9.17, 15) is 9.59 Å². The van der Waals surface area contributed by atoms with E-state index in [0.29, 0.717) is 43.1 Å². The van der Waals surface area contributed by atoms with Crippen molar-refractivity contribution in [3.63, 3.8) is 0 Å². The van der Waals surface area contributed by atoms with Crippen molar-refractivity contribution in [2.24, 2.45) is 0 Å². The largest absolute Gasteiger partial charge is 0.444 e. The van der Waals surface area contributed by atoms with Gasteiger partial charge < -0.3 is 15.0 Å². The maximum Gasteiger partial charge on any atom is 0.410 e. The molecule has 1 aromatic heterocycles. The van der Waals surface area contributed by atoms with E-state index in [1.165, 1.54) is 5.56 Å². The van der Waals surface area contributed by atoms with Crippen molar-refractivity contribution in [2.45, 2.75) is 65.5 Å². The fourth-order valence-electron chi connectivity index (χ4n) is 4.70. The highest BCUT2D eigenvalue weighted by atomic mass is 35.5. The van der Waals surface area contributed by atoms with Crippen LogP contribution in [0.25, 0.3) is 5.69 Å². The number of rotatable bonds is 5. The molecule has 7 nitrogen and oxygen atoms in total. The van der Waals surface area contributed by atoms with Crippen molar-refractivity contribution >= 4 is 23.6 Å². The zero-order valence-corrected chi connectivity index (χ0v) is 22.9. The maximum atomic E-state index is 13.4. The number of carbonyl (C=O) groups excluding carboxylic acids is 2. The molecule has 0 aliphatic carbocycles. The van der Waals surface area contributed by atoms with Gasteiger partial charge in [-0.25, -0.2) is 9.48 Å². The van der Waals surface area contributed by atoms with Gasteiger partial charge in [-0.05, 0) is 76.8 Å². The number of benzene rings is 2. The van der Waals surface area contributed by atoms with Crippen LogP contribution in [-0.2, 0) is 11.3 Å². The summed E-state index contributed by atoms with van der Waals surface area (Å²) in [4.78, 5) is 27.7. The van der Waals surface area contributed by atoms with Gasteiger partial charge in [-0.15, -0.1) is 0 Å². The number of amides is 2. The van der Waals surface area contributed by atoms with Crippen LogP contribution in [0.15, 0.2) is 48.7 Å². The van der Waals surface area contributed by atoms with Crippen molar-refractivity contribution in [3.8, 4) is 5.69 Å². The fraction of sp³-hybridized carbons (Fsp3) is 0.414. The molecule has 2 heterocycles. The quantitative estimate of drug-likeness (QED) is 0.433. The molecule has 3 aromatic rings. The summed E-state index contributed by atoms with van der Waals surface area (Å²) in [6.07, 6.45) is 2.79. The maximum absolute atomic E-state index is 13.4. The summed E-state index contributed by atoms with van der Waals surface area (Å²) in [5, 5.41) is 8.37. The number of halogens is 1. The van der Waals surface area contributed by atoms with Crippen molar-refractivity contribution in [2.75, 3.05) is 13.1 Å². The number of hydrogen-bond donors (Lipinski definition) is 1. The third-order valence-corrected chi connectivity index (χ3v) is 6.78. The molecule has 0 atom stereocenters. The molecular weight excluding hydrogens is 488 g/mol. The first-order valence-electron chi connectivity index (χ1n) is 12.7. The van der Waals surface area contributed by atoms with Crippen LogP contribution >= 0.6 is 11.6 Å². The van der Waals surface area contributed by atoms with E-state index in [2.05, 4.69) is 36.4 Å². The molecule has 4 rings (SSSR count). The van der Waals surface area contributed by atoms with Gasteiger partial charge in [0.05, 0.1) is 23.1 Å². The average molecular weight is 523 g/mol. The summed E-state index contributed by atoms with van der Waals surface area (Å²) in [5.74, 6) is -0.103. The average Bonchev–Trinajstić information content (AvgIpc) is 3.27. The van der Waals surface area contributed by atoms with Gasteiger partial charge in [0, 0.05) is 30.6 Å². The minimum absolute atomic E-state index is 0.0678. The summed E-state index contributed by atoms with van der Waals surface area (Å²) in [6.45, 7) is 11.2. The molecule has 0 saturated carbocycles. The van der Waals surface area contributed by atoms with Crippen molar-refractivity contribution < 1.29 is 14.3 Å². The molecule has 0 spiro atoms. The van der Waals surface area contributed by atoms with Crippen LogP contribution in [0, 0.1) is 13.8 Å². The normalized spacial score (nSPS) is 14.5. The summed E-state index contributed by atoms with van der Waals surface area (Å²) in [7, 11) is 0. The summed E-state index contributed by atoms with van der Waals surface area (Å²) in [6, 6.07) is 13.6. The Morgan fingerprint density at radius 2 is 1.76 bits per heavy atom. The van der Waals surface area contributed by atoms with Crippen LogP contribution in [0.3, 0.4) is 0 Å². The molecule has 1 fully saturated rings. The van der Waals surface area contributed by atoms with Crippen molar-refractivity contribution in [1.29, 1.82) is 0 Å². The number of nitrogens with zero attached hydrogens (tertiary/aromatic N) is 3. The number of carbonyl (C=O) groups is 2. The Balaban J connectivity index is 1.59. The van der Waals surface area contributed by atoms with Gasteiger partial charge in [0.2, 0.25) is 0 Å². The first-order chi connectivity index (χ1) is 17.5. The summed E-state index contributed by atoms with van der Waals surface area (Å²) in [5.41, 5.74) is 5.07. The Morgan fingerprint density at radius 3 is 2.38 bits per heavy atom. The number of ether oxygens (including phenoxy) is 1. The highest BCUT2D eigenvalue weighted by Gasteiger charge is 2.32. The predicted octanol–water partition coefficient (Wildman–Crippen LogP) is 6.19. The molecule has 8 heteroatoms. The standard InChI is InChI=1S/C29H35ClN4O3/c1-19-6-11-25(20(2)16-19)34-26(22-12-14-33(15-13-22)28(36)37-29(3,4)5)24(18-32-34)27(35)31-17-21-7-9-23(30)10-8-21/h6-11,16,18,22H,12-15,17H2,1-5H3,(H,31,35). The van der Waals surface area contributed by atoms with E-state index < -0.39 is 5.60 Å². The lowest BCUT2D eigenvalue weighted by Gasteiger charge is -2.34. The number of aromatic nitrogens is 2. The molecule has 2 amide bonds. The molecular formula is C29H35ClN4O3. The van der Waals surface area contributed by atoms with E-state index in [0.717, 1.165) is 22.5 Å². The van der Waals surface area contributed by atoms with E-state index in [1.807, 2.05) is 55.8 Å². The van der Waals surface area contributed by atoms with Crippen LogP contribution in [-0.4, -0.2) is 45.4 Å². The van der Waals surface area contributed by atoms with Crippen LogP contribution in [0.4, 0.5) is 4.79 Å². The molecule has 0 bridgehead atoms. The fourth-order valence-corrected chi connectivity index (χ4v) is 4.83. The Bertz CT molecular complexity index is 1270. The number of hydrogen-bond acceptors (Lipinski definition) is 4. The highest BCUT2D eigenvalue weighted by Crippen LogP contribution is 2.33. The lowest BCUT2D eigenvalue weighted by Crippen LogP contribution is -2.41.